The summed E-state index contributed by atoms with van der Waals surface area (Å²) in [5, 5.41) is 13.2. The monoisotopic (exact) mass is 443 g/mol. The number of thioether (sulfide) groups is 2. The molecule has 1 unspecified atom stereocenters. The summed E-state index contributed by atoms with van der Waals surface area (Å²) in [6.07, 6.45) is 3.95. The van der Waals surface area contributed by atoms with E-state index in [4.69, 9.17) is 0 Å². The predicted molar refractivity (Wildman–Crippen MR) is 119 cm³/mol. The van der Waals surface area contributed by atoms with Crippen molar-refractivity contribution < 1.29 is 14.5 Å². The van der Waals surface area contributed by atoms with E-state index in [2.05, 4.69) is 0 Å². The molecule has 1 aliphatic carbocycles. The Morgan fingerprint density at radius 2 is 2.07 bits per heavy atom. The molecule has 2 aliphatic rings. The molecule has 2 heterocycles. The quantitative estimate of drug-likeness (QED) is 0.323. The van der Waals surface area contributed by atoms with Crippen LogP contribution in [-0.2, 0) is 4.79 Å². The van der Waals surface area contributed by atoms with Gasteiger partial charge in [0.2, 0.25) is 5.78 Å². The summed E-state index contributed by atoms with van der Waals surface area (Å²) in [6.45, 7) is 0. The van der Waals surface area contributed by atoms with Crippen LogP contribution in [0.15, 0.2) is 62.1 Å². The van der Waals surface area contributed by atoms with Crippen molar-refractivity contribution in [3.63, 3.8) is 0 Å². The second kappa shape index (κ2) is 8.30. The summed E-state index contributed by atoms with van der Waals surface area (Å²) in [6, 6.07) is 9.92. The van der Waals surface area contributed by atoms with E-state index in [1.807, 2.05) is 17.7 Å². The summed E-state index contributed by atoms with van der Waals surface area (Å²) in [5.74, 6) is -0.652. The fourth-order valence-corrected chi connectivity index (χ4v) is 6.63. The first-order chi connectivity index (χ1) is 14.0. The van der Waals surface area contributed by atoms with Gasteiger partial charge in [-0.25, -0.2) is 0 Å². The molecule has 2 aromatic rings. The Labute approximate surface area is 180 Å². The molecule has 0 amide bonds. The lowest BCUT2D eigenvalue weighted by Crippen LogP contribution is -2.25. The minimum atomic E-state index is -0.573. The lowest BCUT2D eigenvalue weighted by molar-refractivity contribution is -0.384. The highest BCUT2D eigenvalue weighted by atomic mass is 32.2. The van der Waals surface area contributed by atoms with Crippen LogP contribution in [0, 0.1) is 10.1 Å². The number of nitro groups is 1. The third-order valence-corrected chi connectivity index (χ3v) is 8.30. The van der Waals surface area contributed by atoms with Gasteiger partial charge < -0.3 is 0 Å². The van der Waals surface area contributed by atoms with Gasteiger partial charge in [-0.15, -0.1) is 23.1 Å². The number of hydrogen-bond donors (Lipinski definition) is 0. The fourth-order valence-electron chi connectivity index (χ4n) is 3.76. The average molecular weight is 444 g/mol. The highest BCUT2D eigenvalue weighted by molar-refractivity contribution is 8.23. The number of nitrogens with zero attached hydrogens (tertiary/aromatic N) is 1. The molecule has 0 saturated heterocycles. The first-order valence-corrected chi connectivity index (χ1v) is 12.0. The first kappa shape index (κ1) is 20.1. The number of carbonyl (C=O) groups is 2. The summed E-state index contributed by atoms with van der Waals surface area (Å²) in [7, 11) is 0. The number of Topliss-reactive ketones (excluding diaryl/α,β-unsaturated/α-hetero) is 2. The summed E-state index contributed by atoms with van der Waals surface area (Å²) < 4.78 is 0.869. The molecular formula is C21H17NO4S3. The molecule has 0 radical (unpaired) electrons. The van der Waals surface area contributed by atoms with Crippen molar-refractivity contribution in [3.05, 3.63) is 82.6 Å². The van der Waals surface area contributed by atoms with Crippen molar-refractivity contribution in [1.82, 2.24) is 0 Å². The molecule has 0 fully saturated rings. The van der Waals surface area contributed by atoms with Gasteiger partial charge in [-0.3, -0.25) is 19.7 Å². The molecule has 0 bridgehead atoms. The smallest absolute Gasteiger partial charge is 0.269 e. The minimum Gasteiger partial charge on any atom is -0.294 e. The largest absolute Gasteiger partial charge is 0.294 e. The van der Waals surface area contributed by atoms with Crippen molar-refractivity contribution in [2.75, 3.05) is 6.26 Å². The van der Waals surface area contributed by atoms with Crippen LogP contribution in [0.5, 0.6) is 0 Å². The minimum absolute atomic E-state index is 0.0342. The van der Waals surface area contributed by atoms with Crippen molar-refractivity contribution in [2.45, 2.75) is 25.2 Å². The molecule has 0 N–H and O–H groups in total. The average Bonchev–Trinajstić information content (AvgIpc) is 3.27. The Morgan fingerprint density at radius 3 is 2.76 bits per heavy atom. The van der Waals surface area contributed by atoms with E-state index in [1.54, 1.807) is 18.2 Å². The Balaban J connectivity index is 1.94. The van der Waals surface area contributed by atoms with Crippen LogP contribution in [0.2, 0.25) is 0 Å². The topological polar surface area (TPSA) is 77.3 Å². The Hall–Kier alpha value is -2.16. The van der Waals surface area contributed by atoms with E-state index in [-0.39, 0.29) is 17.3 Å². The zero-order chi connectivity index (χ0) is 20.5. The van der Waals surface area contributed by atoms with Crippen molar-refractivity contribution in [3.8, 4) is 0 Å². The third-order valence-electron chi connectivity index (χ3n) is 5.01. The number of nitro benzene ring substituents is 1. The fraction of sp³-hybridized carbons (Fsp3) is 0.238. The number of benzene rings is 1. The lowest BCUT2D eigenvalue weighted by atomic mass is 9.77. The van der Waals surface area contributed by atoms with Gasteiger partial charge in [-0.1, -0.05) is 30.0 Å². The van der Waals surface area contributed by atoms with E-state index >= 15 is 0 Å². The van der Waals surface area contributed by atoms with Crippen LogP contribution in [0.3, 0.4) is 0 Å². The molecule has 5 nitrogen and oxygen atoms in total. The normalized spacial score (nSPS) is 19.3. The van der Waals surface area contributed by atoms with Crippen LogP contribution in [0.25, 0.3) is 0 Å². The second-order valence-corrected chi connectivity index (χ2v) is 9.84. The number of ketones is 2. The molecular weight excluding hydrogens is 426 g/mol. The van der Waals surface area contributed by atoms with Gasteiger partial charge in [0.15, 0.2) is 5.78 Å². The molecule has 29 heavy (non-hydrogen) atoms. The van der Waals surface area contributed by atoms with E-state index in [1.165, 1.54) is 47.0 Å². The maximum atomic E-state index is 13.5. The lowest BCUT2D eigenvalue weighted by Gasteiger charge is -2.33. The maximum absolute atomic E-state index is 13.5. The van der Waals surface area contributed by atoms with E-state index in [9.17, 15) is 19.7 Å². The van der Waals surface area contributed by atoms with Gasteiger partial charge in [0.25, 0.3) is 5.69 Å². The first-order valence-electron chi connectivity index (χ1n) is 9.06. The van der Waals surface area contributed by atoms with Gasteiger partial charge in [0.05, 0.1) is 14.0 Å². The standard InChI is InChI=1S/C21H17NO4S3/c1-27-21-19(20(24)16-9-4-10-28-16)17(12-5-2-6-13(11-12)22(25)26)18-14(23)7-3-8-15(18)29-21/h2,4-6,9-11,17H,3,7-8H2,1H3. The van der Waals surface area contributed by atoms with Crippen molar-refractivity contribution >= 4 is 52.1 Å². The van der Waals surface area contributed by atoms with Crippen LogP contribution >= 0.6 is 34.9 Å². The highest BCUT2D eigenvalue weighted by Crippen LogP contribution is 2.54. The summed E-state index contributed by atoms with van der Waals surface area (Å²) >= 11 is 4.37. The molecule has 1 aromatic carbocycles. The predicted octanol–water partition coefficient (Wildman–Crippen LogP) is 5.95. The molecule has 0 saturated carbocycles. The van der Waals surface area contributed by atoms with E-state index in [0.29, 0.717) is 28.0 Å². The van der Waals surface area contributed by atoms with Crippen LogP contribution in [0.1, 0.15) is 40.4 Å². The highest BCUT2D eigenvalue weighted by Gasteiger charge is 2.40. The summed E-state index contributed by atoms with van der Waals surface area (Å²) in [5.41, 5.74) is 1.77. The Bertz CT molecular complexity index is 1070. The SMILES string of the molecule is CSC1=C(C(=O)c2cccs2)C(c2cccc([N+](=O)[O-])c2)C2=C(CCCC2=O)S1. The number of allylic oxidation sites excluding steroid dienone is 3. The van der Waals surface area contributed by atoms with Gasteiger partial charge in [0, 0.05) is 35.6 Å². The van der Waals surface area contributed by atoms with Gasteiger partial charge in [-0.05, 0) is 41.0 Å². The third kappa shape index (κ3) is 3.72. The Morgan fingerprint density at radius 1 is 1.24 bits per heavy atom. The van der Waals surface area contributed by atoms with Gasteiger partial charge >= 0.3 is 0 Å². The van der Waals surface area contributed by atoms with E-state index in [0.717, 1.165) is 22.0 Å². The molecule has 148 valence electrons. The Kier molecular flexibility index (Phi) is 5.76. The molecule has 4 rings (SSSR count). The van der Waals surface area contributed by atoms with Crippen LogP contribution < -0.4 is 0 Å². The number of carbonyl (C=O) groups excluding carboxylic acids is 2. The zero-order valence-corrected chi connectivity index (χ0v) is 18.0. The molecule has 1 atom stereocenters. The van der Waals surface area contributed by atoms with Crippen molar-refractivity contribution in [1.29, 1.82) is 0 Å². The van der Waals surface area contributed by atoms with Gasteiger partial charge in [0.1, 0.15) is 0 Å². The van der Waals surface area contributed by atoms with Gasteiger partial charge in [-0.2, -0.15) is 0 Å². The number of hydrogen-bond acceptors (Lipinski definition) is 7. The number of rotatable bonds is 5. The molecule has 0 spiro atoms. The van der Waals surface area contributed by atoms with E-state index < -0.39 is 10.8 Å². The van der Waals surface area contributed by atoms with Crippen LogP contribution in [0.4, 0.5) is 5.69 Å². The van der Waals surface area contributed by atoms with Crippen molar-refractivity contribution in [2.24, 2.45) is 0 Å². The number of non-ortho nitro benzene ring substituents is 1. The zero-order valence-electron chi connectivity index (χ0n) is 15.5. The molecule has 8 heteroatoms. The number of thiophene rings is 1. The maximum Gasteiger partial charge on any atom is 0.269 e. The second-order valence-electron chi connectivity index (χ2n) is 6.71. The molecule has 1 aromatic heterocycles. The summed E-state index contributed by atoms with van der Waals surface area (Å²) in [4.78, 5) is 38.9. The molecule has 1 aliphatic heterocycles. The van der Waals surface area contributed by atoms with Crippen LogP contribution in [-0.4, -0.2) is 22.7 Å².